The number of nitrogens with one attached hydrogen (secondary N) is 1. The SMILES string of the molecule is COc1ccc(C=NNc2ccccc2)cc1Cn1nc(C(F)F)c(Br)c1C(F)F. The van der Waals surface area contributed by atoms with Crippen molar-refractivity contribution >= 4 is 27.8 Å². The third kappa shape index (κ3) is 4.99. The van der Waals surface area contributed by atoms with Crippen LogP contribution in [0.2, 0.25) is 0 Å². The number of rotatable bonds is 8. The van der Waals surface area contributed by atoms with Crippen LogP contribution in [-0.2, 0) is 6.54 Å². The zero-order valence-corrected chi connectivity index (χ0v) is 17.3. The minimum absolute atomic E-state index is 0.179. The van der Waals surface area contributed by atoms with Gasteiger partial charge in [0.25, 0.3) is 12.9 Å². The number of halogens is 5. The largest absolute Gasteiger partial charge is 0.496 e. The van der Waals surface area contributed by atoms with Gasteiger partial charge in [-0.15, -0.1) is 0 Å². The third-order valence-corrected chi connectivity index (χ3v) is 4.99. The molecule has 0 amide bonds. The molecule has 0 saturated carbocycles. The average Bonchev–Trinajstić information content (AvgIpc) is 3.05. The zero-order chi connectivity index (χ0) is 21.7. The van der Waals surface area contributed by atoms with Crippen LogP contribution in [0.4, 0.5) is 23.2 Å². The summed E-state index contributed by atoms with van der Waals surface area (Å²) in [7, 11) is 1.43. The van der Waals surface area contributed by atoms with E-state index in [4.69, 9.17) is 4.74 Å². The first-order valence-electron chi connectivity index (χ1n) is 8.74. The Balaban J connectivity index is 1.89. The van der Waals surface area contributed by atoms with Crippen LogP contribution in [0, 0.1) is 0 Å². The lowest BCUT2D eigenvalue weighted by Gasteiger charge is -2.12. The van der Waals surface area contributed by atoms with Gasteiger partial charge < -0.3 is 4.74 Å². The van der Waals surface area contributed by atoms with E-state index in [0.29, 0.717) is 16.9 Å². The molecule has 0 spiro atoms. The molecular weight excluding hydrogens is 468 g/mol. The van der Waals surface area contributed by atoms with Gasteiger partial charge >= 0.3 is 0 Å². The maximum absolute atomic E-state index is 13.5. The van der Waals surface area contributed by atoms with E-state index < -0.39 is 28.7 Å². The standard InChI is InChI=1S/C20H17BrF4N4O/c1-30-15-8-7-12(10-26-27-14-5-3-2-4-6-14)9-13(15)11-29-18(20(24)25)16(21)17(28-29)19(22)23/h2-10,19-20,27H,11H2,1H3. The van der Waals surface area contributed by atoms with Gasteiger partial charge in [-0.05, 0) is 51.8 Å². The highest BCUT2D eigenvalue weighted by Gasteiger charge is 2.27. The molecule has 3 aromatic rings. The highest BCUT2D eigenvalue weighted by Crippen LogP contribution is 2.35. The molecule has 158 valence electrons. The van der Waals surface area contributed by atoms with Crippen LogP contribution in [0.15, 0.2) is 58.1 Å². The van der Waals surface area contributed by atoms with Crippen molar-refractivity contribution in [3.63, 3.8) is 0 Å². The van der Waals surface area contributed by atoms with Crippen molar-refractivity contribution in [1.29, 1.82) is 0 Å². The lowest BCUT2D eigenvalue weighted by atomic mass is 10.1. The Morgan fingerprint density at radius 1 is 1.13 bits per heavy atom. The van der Waals surface area contributed by atoms with Crippen molar-refractivity contribution in [3.8, 4) is 5.75 Å². The fourth-order valence-electron chi connectivity index (χ4n) is 2.80. The summed E-state index contributed by atoms with van der Waals surface area (Å²) in [6, 6.07) is 14.3. The number of nitrogens with zero attached hydrogens (tertiary/aromatic N) is 3. The summed E-state index contributed by atoms with van der Waals surface area (Å²) in [5, 5.41) is 7.81. The van der Waals surface area contributed by atoms with Gasteiger partial charge in [-0.2, -0.15) is 10.2 Å². The Labute approximate surface area is 178 Å². The quantitative estimate of drug-likeness (QED) is 0.241. The molecule has 2 aromatic carbocycles. The summed E-state index contributed by atoms with van der Waals surface area (Å²) >= 11 is 2.82. The first-order chi connectivity index (χ1) is 14.4. The Morgan fingerprint density at radius 2 is 1.87 bits per heavy atom. The molecule has 0 aliphatic heterocycles. The molecule has 0 atom stereocenters. The first-order valence-corrected chi connectivity index (χ1v) is 9.53. The molecule has 30 heavy (non-hydrogen) atoms. The fourth-order valence-corrected chi connectivity index (χ4v) is 3.43. The first kappa shape index (κ1) is 21.8. The van der Waals surface area contributed by atoms with E-state index >= 15 is 0 Å². The summed E-state index contributed by atoms with van der Waals surface area (Å²) in [5.41, 5.74) is 3.47. The van der Waals surface area contributed by atoms with Crippen LogP contribution in [0.3, 0.4) is 0 Å². The van der Waals surface area contributed by atoms with Crippen molar-refractivity contribution in [1.82, 2.24) is 9.78 Å². The Morgan fingerprint density at radius 3 is 2.50 bits per heavy atom. The van der Waals surface area contributed by atoms with Crippen LogP contribution >= 0.6 is 15.9 Å². The highest BCUT2D eigenvalue weighted by atomic mass is 79.9. The highest BCUT2D eigenvalue weighted by molar-refractivity contribution is 9.10. The van der Waals surface area contributed by atoms with E-state index in [0.717, 1.165) is 10.4 Å². The Hall–Kier alpha value is -2.88. The lowest BCUT2D eigenvalue weighted by molar-refractivity contribution is 0.139. The minimum atomic E-state index is -2.98. The number of ether oxygens (including phenoxy) is 1. The van der Waals surface area contributed by atoms with Gasteiger partial charge in [-0.25, -0.2) is 17.6 Å². The van der Waals surface area contributed by atoms with Crippen LogP contribution in [0.1, 0.15) is 35.4 Å². The number of hydrogen-bond donors (Lipinski definition) is 1. The molecule has 0 unspecified atom stereocenters. The molecule has 1 N–H and O–H groups in total. The van der Waals surface area contributed by atoms with E-state index in [1.165, 1.54) is 7.11 Å². The minimum Gasteiger partial charge on any atom is -0.496 e. The predicted octanol–water partition coefficient (Wildman–Crippen LogP) is 6.02. The molecule has 3 rings (SSSR count). The molecule has 0 saturated heterocycles. The third-order valence-electron chi connectivity index (χ3n) is 4.18. The number of methoxy groups -OCH3 is 1. The number of aromatic nitrogens is 2. The van der Waals surface area contributed by atoms with E-state index in [2.05, 4.69) is 31.6 Å². The lowest BCUT2D eigenvalue weighted by Crippen LogP contribution is -2.09. The Kier molecular flexibility index (Phi) is 7.09. The second kappa shape index (κ2) is 9.75. The number of benzene rings is 2. The summed E-state index contributed by atoms with van der Waals surface area (Å²) in [4.78, 5) is 0. The second-order valence-corrected chi connectivity index (χ2v) is 6.94. The summed E-state index contributed by atoms with van der Waals surface area (Å²) in [6.07, 6.45) is -4.42. The van der Waals surface area contributed by atoms with E-state index in [1.807, 2.05) is 30.3 Å². The van der Waals surface area contributed by atoms with Crippen molar-refractivity contribution in [2.75, 3.05) is 12.5 Å². The normalized spacial score (nSPS) is 11.6. The maximum atomic E-state index is 13.5. The topological polar surface area (TPSA) is 51.4 Å². The molecule has 0 radical (unpaired) electrons. The van der Waals surface area contributed by atoms with Gasteiger partial charge in [0, 0.05) is 5.56 Å². The van der Waals surface area contributed by atoms with Crippen molar-refractivity contribution in [2.24, 2.45) is 5.10 Å². The molecule has 1 heterocycles. The van der Waals surface area contributed by atoms with Gasteiger partial charge in [0.15, 0.2) is 0 Å². The number of hydrogen-bond acceptors (Lipinski definition) is 4. The van der Waals surface area contributed by atoms with Gasteiger partial charge in [0.05, 0.1) is 30.0 Å². The molecule has 1 aromatic heterocycles. The van der Waals surface area contributed by atoms with Gasteiger partial charge in [0.1, 0.15) is 17.1 Å². The summed E-state index contributed by atoms with van der Waals surface area (Å²) in [5.74, 6) is 0.411. The van der Waals surface area contributed by atoms with Crippen molar-refractivity contribution in [2.45, 2.75) is 19.4 Å². The van der Waals surface area contributed by atoms with E-state index in [9.17, 15) is 17.6 Å². The van der Waals surface area contributed by atoms with Crippen LogP contribution in [0.25, 0.3) is 0 Å². The fraction of sp³-hybridized carbons (Fsp3) is 0.200. The number of alkyl halides is 4. The molecule has 0 aliphatic rings. The molecule has 0 fully saturated rings. The Bertz CT molecular complexity index is 1030. The monoisotopic (exact) mass is 484 g/mol. The average molecular weight is 485 g/mol. The van der Waals surface area contributed by atoms with Crippen molar-refractivity contribution < 1.29 is 22.3 Å². The van der Waals surface area contributed by atoms with Gasteiger partial charge in [-0.3, -0.25) is 10.1 Å². The van der Waals surface area contributed by atoms with Crippen molar-refractivity contribution in [3.05, 3.63) is 75.5 Å². The predicted molar refractivity (Wildman–Crippen MR) is 110 cm³/mol. The molecular formula is C20H17BrF4N4O. The molecule has 0 aliphatic carbocycles. The smallest absolute Gasteiger partial charge is 0.283 e. The number of para-hydroxylation sites is 1. The van der Waals surface area contributed by atoms with E-state index in [-0.39, 0.29) is 6.54 Å². The van der Waals surface area contributed by atoms with Gasteiger partial charge in [-0.1, -0.05) is 18.2 Å². The van der Waals surface area contributed by atoms with Crippen LogP contribution < -0.4 is 10.2 Å². The number of anilines is 1. The van der Waals surface area contributed by atoms with Crippen LogP contribution in [-0.4, -0.2) is 23.1 Å². The van der Waals surface area contributed by atoms with Gasteiger partial charge in [0.2, 0.25) is 0 Å². The molecule has 5 nitrogen and oxygen atoms in total. The number of hydrazone groups is 1. The van der Waals surface area contributed by atoms with E-state index in [1.54, 1.807) is 24.4 Å². The maximum Gasteiger partial charge on any atom is 0.283 e. The second-order valence-electron chi connectivity index (χ2n) is 6.15. The van der Waals surface area contributed by atoms with Crippen LogP contribution in [0.5, 0.6) is 5.75 Å². The zero-order valence-electron chi connectivity index (χ0n) is 15.7. The molecule has 0 bridgehead atoms. The molecule has 10 heteroatoms. The summed E-state index contributed by atoms with van der Waals surface area (Å²) in [6.45, 7) is -0.179. The summed E-state index contributed by atoms with van der Waals surface area (Å²) < 4.78 is 58.9.